The Bertz CT molecular complexity index is 2060. The van der Waals surface area contributed by atoms with E-state index in [0.29, 0.717) is 60.3 Å². The van der Waals surface area contributed by atoms with Gasteiger partial charge in [-0.15, -0.1) is 0 Å². The molecular formula is C40H44FN7O4. The van der Waals surface area contributed by atoms with E-state index in [-0.39, 0.29) is 29.2 Å². The molecule has 0 saturated carbocycles. The van der Waals surface area contributed by atoms with Crippen LogP contribution in [0.25, 0.3) is 33.6 Å². The number of ether oxygens (including phenoxy) is 2. The van der Waals surface area contributed by atoms with Crippen molar-refractivity contribution >= 4 is 11.8 Å². The van der Waals surface area contributed by atoms with Crippen molar-refractivity contribution in [2.45, 2.75) is 57.7 Å². The monoisotopic (exact) mass is 705 g/mol. The number of methoxy groups -OCH3 is 2. The highest BCUT2D eigenvalue weighted by Crippen LogP contribution is 2.44. The summed E-state index contributed by atoms with van der Waals surface area (Å²) in [6.07, 6.45) is 4.98. The summed E-state index contributed by atoms with van der Waals surface area (Å²) in [6.45, 7) is 8.75. The quantitative estimate of drug-likeness (QED) is 0.272. The van der Waals surface area contributed by atoms with Crippen LogP contribution in [0.2, 0.25) is 0 Å². The van der Waals surface area contributed by atoms with Crippen molar-refractivity contribution in [3.63, 3.8) is 0 Å². The number of likely N-dealkylation sites (tertiary alicyclic amines) is 1. The van der Waals surface area contributed by atoms with Crippen molar-refractivity contribution in [2.75, 3.05) is 53.5 Å². The molecular weight excluding hydrogens is 661 g/mol. The summed E-state index contributed by atoms with van der Waals surface area (Å²) >= 11 is 0. The molecule has 4 aliphatic rings. The maximum atomic E-state index is 16.7. The normalized spacial score (nSPS) is 19.8. The first kappa shape index (κ1) is 34.2. The van der Waals surface area contributed by atoms with Crippen LogP contribution >= 0.6 is 0 Å². The Labute approximate surface area is 303 Å². The molecule has 11 nitrogen and oxygen atoms in total. The molecule has 2 amide bonds. The van der Waals surface area contributed by atoms with Crippen molar-refractivity contribution in [3.05, 3.63) is 76.9 Å². The van der Waals surface area contributed by atoms with E-state index in [1.54, 1.807) is 39.5 Å². The topological polar surface area (TPSA) is 113 Å². The van der Waals surface area contributed by atoms with Crippen LogP contribution in [-0.2, 0) is 22.6 Å². The fraction of sp³-hybridized carbons (Fsp3) is 0.425. The Kier molecular flexibility index (Phi) is 8.91. The molecule has 0 radical (unpaired) electrons. The standard InChI is InChI=1S/C40H44FN7O4/c1-24-27(7-5-8-28(24)32-20-42-33(38(44-32)51-3)21-46-22-40(23-46)14-13-35(50)45-40)29-9-6-10-30(37(29)41)31-19-26-11-12-34(36(26)39(43-31)52-4)48-17-15-47(16-18-48)25(2)49/h5-10,19-20,34H,11-18,21-23H2,1-4H3,(H,45,50)/t34-/m0/s1. The van der Waals surface area contributed by atoms with Crippen molar-refractivity contribution in [1.29, 1.82) is 0 Å². The molecule has 3 fully saturated rings. The van der Waals surface area contributed by atoms with Crippen LogP contribution in [-0.4, -0.2) is 100 Å². The molecule has 0 bridgehead atoms. The number of pyridine rings is 1. The van der Waals surface area contributed by atoms with E-state index in [2.05, 4.69) is 15.1 Å². The molecule has 270 valence electrons. The van der Waals surface area contributed by atoms with Crippen LogP contribution in [0.4, 0.5) is 4.39 Å². The number of rotatable bonds is 8. The van der Waals surface area contributed by atoms with Gasteiger partial charge in [0.1, 0.15) is 11.5 Å². The van der Waals surface area contributed by atoms with E-state index in [4.69, 9.17) is 24.4 Å². The average Bonchev–Trinajstić information content (AvgIpc) is 3.75. The molecule has 8 rings (SSSR count). The molecule has 2 aromatic carbocycles. The maximum absolute atomic E-state index is 16.7. The summed E-state index contributed by atoms with van der Waals surface area (Å²) in [7, 11) is 3.22. The highest BCUT2D eigenvalue weighted by molar-refractivity contribution is 5.81. The second kappa shape index (κ2) is 13.6. The van der Waals surface area contributed by atoms with E-state index in [9.17, 15) is 9.59 Å². The second-order valence-corrected chi connectivity index (χ2v) is 14.5. The van der Waals surface area contributed by atoms with E-state index >= 15 is 4.39 Å². The molecule has 3 aliphatic heterocycles. The SMILES string of the molecule is COc1nc(-c2cccc(-c3cccc(-c4cc5c(c(OC)n4)[C@@H](N4CCN(C(C)=O)CC4)CC5)c3F)c2C)cnc1CN1CC2(CCC(=O)N2)C1. The summed E-state index contributed by atoms with van der Waals surface area (Å²) in [5.74, 6) is 0.861. The van der Waals surface area contributed by atoms with E-state index in [1.165, 1.54) is 0 Å². The first-order valence-electron chi connectivity index (χ1n) is 18.1. The molecule has 3 saturated heterocycles. The number of amides is 2. The third-order valence-electron chi connectivity index (χ3n) is 11.4. The lowest BCUT2D eigenvalue weighted by atomic mass is 9.88. The lowest BCUT2D eigenvalue weighted by molar-refractivity contribution is -0.131. The maximum Gasteiger partial charge on any atom is 0.237 e. The zero-order valence-electron chi connectivity index (χ0n) is 30.2. The number of aromatic nitrogens is 3. The van der Waals surface area contributed by atoms with Crippen molar-refractivity contribution < 1.29 is 23.5 Å². The number of carbonyl (C=O) groups excluding carboxylic acids is 2. The van der Waals surface area contributed by atoms with Gasteiger partial charge in [0.25, 0.3) is 0 Å². The second-order valence-electron chi connectivity index (χ2n) is 14.5. The fourth-order valence-electron chi connectivity index (χ4n) is 8.67. The number of carbonyl (C=O) groups is 2. The third-order valence-corrected chi connectivity index (χ3v) is 11.4. The number of nitrogens with one attached hydrogen (secondary N) is 1. The summed E-state index contributed by atoms with van der Waals surface area (Å²) in [5, 5.41) is 3.12. The highest BCUT2D eigenvalue weighted by atomic mass is 19.1. The summed E-state index contributed by atoms with van der Waals surface area (Å²) in [4.78, 5) is 44.7. The molecule has 1 aliphatic carbocycles. The zero-order chi connectivity index (χ0) is 36.1. The van der Waals surface area contributed by atoms with Gasteiger partial charge in [-0.1, -0.05) is 30.3 Å². The molecule has 52 heavy (non-hydrogen) atoms. The lowest BCUT2D eigenvalue weighted by Gasteiger charge is -2.47. The van der Waals surface area contributed by atoms with Crippen LogP contribution in [0.15, 0.2) is 48.7 Å². The van der Waals surface area contributed by atoms with Crippen LogP contribution in [0.1, 0.15) is 54.6 Å². The van der Waals surface area contributed by atoms with E-state index in [0.717, 1.165) is 79.0 Å². The van der Waals surface area contributed by atoms with Gasteiger partial charge in [0.05, 0.1) is 37.3 Å². The Morgan fingerprint density at radius 1 is 0.942 bits per heavy atom. The fourth-order valence-corrected chi connectivity index (χ4v) is 8.67. The Morgan fingerprint density at radius 2 is 1.63 bits per heavy atom. The number of hydrogen-bond donors (Lipinski definition) is 1. The number of benzene rings is 2. The molecule has 5 heterocycles. The molecule has 2 aromatic heterocycles. The van der Waals surface area contributed by atoms with Gasteiger partial charge in [-0.05, 0) is 55.0 Å². The molecule has 1 atom stereocenters. The minimum atomic E-state index is -0.350. The minimum Gasteiger partial charge on any atom is -0.481 e. The smallest absolute Gasteiger partial charge is 0.237 e. The number of aryl methyl sites for hydroxylation is 1. The first-order valence-corrected chi connectivity index (χ1v) is 18.1. The van der Waals surface area contributed by atoms with Crippen LogP contribution in [0.3, 0.4) is 0 Å². The predicted molar refractivity (Wildman–Crippen MR) is 194 cm³/mol. The number of nitrogens with zero attached hydrogens (tertiary/aromatic N) is 6. The van der Waals surface area contributed by atoms with Gasteiger partial charge in [0, 0.05) is 87.5 Å². The zero-order valence-corrected chi connectivity index (χ0v) is 30.2. The van der Waals surface area contributed by atoms with Crippen LogP contribution in [0.5, 0.6) is 11.8 Å². The van der Waals surface area contributed by atoms with Gasteiger partial charge in [0.2, 0.25) is 23.6 Å². The van der Waals surface area contributed by atoms with Crippen LogP contribution in [0, 0.1) is 12.7 Å². The van der Waals surface area contributed by atoms with Gasteiger partial charge in [-0.2, -0.15) is 0 Å². The van der Waals surface area contributed by atoms with Gasteiger partial charge >= 0.3 is 0 Å². The van der Waals surface area contributed by atoms with Gasteiger partial charge in [-0.25, -0.2) is 14.4 Å². The van der Waals surface area contributed by atoms with Crippen molar-refractivity contribution in [2.24, 2.45) is 0 Å². The van der Waals surface area contributed by atoms with E-state index < -0.39 is 0 Å². The summed E-state index contributed by atoms with van der Waals surface area (Å²) in [6, 6.07) is 13.4. The third kappa shape index (κ3) is 6.07. The van der Waals surface area contributed by atoms with Gasteiger partial charge in [0.15, 0.2) is 0 Å². The van der Waals surface area contributed by atoms with E-state index in [1.807, 2.05) is 42.2 Å². The number of fused-ring (bicyclic) bond motifs is 1. The van der Waals surface area contributed by atoms with Gasteiger partial charge in [-0.3, -0.25) is 24.4 Å². The Hall–Kier alpha value is -4.94. The predicted octanol–water partition coefficient (Wildman–Crippen LogP) is 4.95. The molecule has 0 unspecified atom stereocenters. The Morgan fingerprint density at radius 3 is 2.33 bits per heavy atom. The molecule has 4 aromatic rings. The summed E-state index contributed by atoms with van der Waals surface area (Å²) < 4.78 is 28.2. The minimum absolute atomic E-state index is 0.109. The average molecular weight is 706 g/mol. The van der Waals surface area contributed by atoms with Crippen molar-refractivity contribution in [3.8, 4) is 45.4 Å². The largest absolute Gasteiger partial charge is 0.481 e. The van der Waals surface area contributed by atoms with Crippen LogP contribution < -0.4 is 14.8 Å². The molecule has 1 N–H and O–H groups in total. The number of halogens is 1. The number of piperazine rings is 1. The molecule has 1 spiro atoms. The lowest BCUT2D eigenvalue weighted by Crippen LogP contribution is -2.66. The first-order chi connectivity index (χ1) is 25.2. The van der Waals surface area contributed by atoms with Crippen molar-refractivity contribution in [1.82, 2.24) is 35.0 Å². The number of hydrogen-bond acceptors (Lipinski definition) is 9. The summed E-state index contributed by atoms with van der Waals surface area (Å²) in [5.41, 5.74) is 7.35. The van der Waals surface area contributed by atoms with Gasteiger partial charge < -0.3 is 19.7 Å². The Balaban J connectivity index is 1.05. The molecule has 12 heteroatoms. The highest BCUT2D eigenvalue weighted by Gasteiger charge is 2.47.